The van der Waals surface area contributed by atoms with E-state index >= 15 is 0 Å². The van der Waals surface area contributed by atoms with E-state index in [-0.39, 0.29) is 16.7 Å². The molecule has 0 saturated carbocycles. The molecule has 6 nitrogen and oxygen atoms in total. The van der Waals surface area contributed by atoms with Crippen LogP contribution in [0.3, 0.4) is 0 Å². The molecular weight excluding hydrogens is 244 g/mol. The SMILES string of the molecule is COCC(C)Oc1cc(S(N)(=O)=O)ccc1N. The average Bonchev–Trinajstić information content (AvgIpc) is 2.20. The molecule has 1 aromatic carbocycles. The van der Waals surface area contributed by atoms with Gasteiger partial charge >= 0.3 is 0 Å². The molecule has 17 heavy (non-hydrogen) atoms. The maximum atomic E-state index is 11.2. The van der Waals surface area contributed by atoms with E-state index in [1.54, 1.807) is 14.0 Å². The Morgan fingerprint density at radius 3 is 2.59 bits per heavy atom. The first kappa shape index (κ1) is 13.8. The molecule has 96 valence electrons. The third-order valence-corrected chi connectivity index (χ3v) is 2.95. The molecule has 1 unspecified atom stereocenters. The lowest BCUT2D eigenvalue weighted by atomic mass is 10.3. The van der Waals surface area contributed by atoms with E-state index in [0.29, 0.717) is 12.3 Å². The van der Waals surface area contributed by atoms with Gasteiger partial charge in [-0.25, -0.2) is 13.6 Å². The first-order chi connectivity index (χ1) is 7.84. The molecule has 0 heterocycles. The second-order valence-corrected chi connectivity index (χ2v) is 5.19. The monoisotopic (exact) mass is 260 g/mol. The maximum Gasteiger partial charge on any atom is 0.238 e. The Hall–Kier alpha value is -1.31. The van der Waals surface area contributed by atoms with Gasteiger partial charge in [0.1, 0.15) is 11.9 Å². The summed E-state index contributed by atoms with van der Waals surface area (Å²) >= 11 is 0. The Balaban J connectivity index is 2.99. The number of anilines is 1. The molecule has 0 saturated heterocycles. The fourth-order valence-corrected chi connectivity index (χ4v) is 1.81. The Kier molecular flexibility index (Phi) is 4.33. The highest BCUT2D eigenvalue weighted by Gasteiger charge is 2.13. The van der Waals surface area contributed by atoms with Crippen molar-refractivity contribution >= 4 is 15.7 Å². The van der Waals surface area contributed by atoms with E-state index in [2.05, 4.69) is 0 Å². The van der Waals surface area contributed by atoms with Crippen LogP contribution < -0.4 is 15.6 Å². The Morgan fingerprint density at radius 2 is 2.06 bits per heavy atom. The number of ether oxygens (including phenoxy) is 2. The number of nitrogen functional groups attached to an aromatic ring is 1. The first-order valence-electron chi connectivity index (χ1n) is 4.92. The zero-order valence-electron chi connectivity index (χ0n) is 9.71. The fourth-order valence-electron chi connectivity index (χ4n) is 1.28. The third kappa shape index (κ3) is 3.88. The lowest BCUT2D eigenvalue weighted by Gasteiger charge is -2.15. The minimum Gasteiger partial charge on any atom is -0.486 e. The van der Waals surface area contributed by atoms with Gasteiger partial charge < -0.3 is 15.2 Å². The summed E-state index contributed by atoms with van der Waals surface area (Å²) in [6.07, 6.45) is -0.238. The van der Waals surface area contributed by atoms with E-state index in [9.17, 15) is 8.42 Å². The summed E-state index contributed by atoms with van der Waals surface area (Å²) < 4.78 is 32.7. The molecule has 0 aromatic heterocycles. The van der Waals surface area contributed by atoms with Gasteiger partial charge in [0, 0.05) is 13.2 Å². The molecule has 0 fully saturated rings. The molecule has 0 radical (unpaired) electrons. The Bertz CT molecular complexity index is 487. The van der Waals surface area contributed by atoms with Crippen molar-refractivity contribution in [3.05, 3.63) is 18.2 Å². The van der Waals surface area contributed by atoms with Gasteiger partial charge in [-0.3, -0.25) is 0 Å². The molecule has 0 aliphatic heterocycles. The normalized spacial score (nSPS) is 13.4. The summed E-state index contributed by atoms with van der Waals surface area (Å²) in [5.41, 5.74) is 6.02. The quantitative estimate of drug-likeness (QED) is 0.742. The minimum absolute atomic E-state index is 0.0358. The van der Waals surface area contributed by atoms with Gasteiger partial charge in [0.2, 0.25) is 10.0 Å². The number of methoxy groups -OCH3 is 1. The summed E-state index contributed by atoms with van der Waals surface area (Å²) in [4.78, 5) is -0.0358. The largest absolute Gasteiger partial charge is 0.486 e. The lowest BCUT2D eigenvalue weighted by molar-refractivity contribution is 0.0924. The number of rotatable bonds is 5. The van der Waals surface area contributed by atoms with Crippen LogP contribution in [0.5, 0.6) is 5.75 Å². The Labute approximate surface area is 101 Å². The molecule has 0 amide bonds. The summed E-state index contributed by atoms with van der Waals surface area (Å²) in [6.45, 7) is 2.16. The molecule has 1 rings (SSSR count). The van der Waals surface area contributed by atoms with E-state index in [4.69, 9.17) is 20.3 Å². The van der Waals surface area contributed by atoms with Gasteiger partial charge in [0.05, 0.1) is 17.2 Å². The van der Waals surface area contributed by atoms with Crippen LogP contribution in [0.25, 0.3) is 0 Å². The second kappa shape index (κ2) is 5.35. The second-order valence-electron chi connectivity index (χ2n) is 3.63. The van der Waals surface area contributed by atoms with Gasteiger partial charge in [-0.2, -0.15) is 0 Å². The number of primary sulfonamides is 1. The van der Waals surface area contributed by atoms with Gasteiger partial charge in [-0.05, 0) is 19.1 Å². The van der Waals surface area contributed by atoms with Crippen LogP contribution in [0.1, 0.15) is 6.92 Å². The van der Waals surface area contributed by atoms with Crippen molar-refractivity contribution < 1.29 is 17.9 Å². The predicted molar refractivity (Wildman–Crippen MR) is 64.2 cm³/mol. The minimum atomic E-state index is -3.76. The van der Waals surface area contributed by atoms with Crippen LogP contribution >= 0.6 is 0 Å². The summed E-state index contributed by atoms with van der Waals surface area (Å²) in [5, 5.41) is 5.02. The topological polar surface area (TPSA) is 105 Å². The van der Waals surface area contributed by atoms with E-state index in [1.165, 1.54) is 18.2 Å². The van der Waals surface area contributed by atoms with Gasteiger partial charge in [0.15, 0.2) is 0 Å². The fraction of sp³-hybridized carbons (Fsp3) is 0.400. The first-order valence-corrected chi connectivity index (χ1v) is 6.47. The van der Waals surface area contributed by atoms with E-state index < -0.39 is 10.0 Å². The molecule has 7 heteroatoms. The summed E-state index contributed by atoms with van der Waals surface area (Å²) in [6, 6.07) is 4.07. The van der Waals surface area contributed by atoms with Crippen molar-refractivity contribution in [1.82, 2.24) is 0 Å². The van der Waals surface area contributed by atoms with Gasteiger partial charge in [-0.1, -0.05) is 0 Å². The third-order valence-electron chi connectivity index (χ3n) is 2.04. The zero-order chi connectivity index (χ0) is 13.1. The lowest BCUT2D eigenvalue weighted by Crippen LogP contribution is -2.19. The van der Waals surface area contributed by atoms with Crippen LogP contribution in [-0.2, 0) is 14.8 Å². The molecule has 0 aliphatic carbocycles. The van der Waals surface area contributed by atoms with Crippen molar-refractivity contribution in [2.24, 2.45) is 5.14 Å². The predicted octanol–water partition coefficient (Wildman–Crippen LogP) is 0.330. The average molecular weight is 260 g/mol. The summed E-state index contributed by atoms with van der Waals surface area (Å²) in [7, 11) is -2.21. The van der Waals surface area contributed by atoms with Gasteiger partial charge in [0.25, 0.3) is 0 Å². The smallest absolute Gasteiger partial charge is 0.238 e. The molecule has 4 N–H and O–H groups in total. The van der Waals surface area contributed by atoms with Crippen LogP contribution in [0.4, 0.5) is 5.69 Å². The van der Waals surface area contributed by atoms with Crippen molar-refractivity contribution in [3.8, 4) is 5.75 Å². The highest BCUT2D eigenvalue weighted by atomic mass is 32.2. The standard InChI is InChI=1S/C10H16N2O4S/c1-7(6-15-2)16-10-5-8(17(12,13)14)3-4-9(10)11/h3-5,7H,6,11H2,1-2H3,(H2,12,13,14). The molecule has 0 bridgehead atoms. The molecule has 1 atom stereocenters. The Morgan fingerprint density at radius 1 is 1.41 bits per heavy atom. The van der Waals surface area contributed by atoms with Crippen molar-refractivity contribution in [3.63, 3.8) is 0 Å². The highest BCUT2D eigenvalue weighted by Crippen LogP contribution is 2.25. The molecule has 1 aromatic rings. The van der Waals surface area contributed by atoms with Crippen molar-refractivity contribution in [1.29, 1.82) is 0 Å². The number of hydrogen-bond acceptors (Lipinski definition) is 5. The van der Waals surface area contributed by atoms with Gasteiger partial charge in [-0.15, -0.1) is 0 Å². The number of sulfonamides is 1. The van der Waals surface area contributed by atoms with Crippen LogP contribution in [0, 0.1) is 0 Å². The van der Waals surface area contributed by atoms with Crippen LogP contribution in [-0.4, -0.2) is 28.2 Å². The number of nitrogens with two attached hydrogens (primary N) is 2. The number of hydrogen-bond donors (Lipinski definition) is 2. The molecular formula is C10H16N2O4S. The van der Waals surface area contributed by atoms with Crippen LogP contribution in [0.15, 0.2) is 23.1 Å². The molecule has 0 spiro atoms. The van der Waals surface area contributed by atoms with E-state index in [0.717, 1.165) is 0 Å². The van der Waals surface area contributed by atoms with Crippen molar-refractivity contribution in [2.75, 3.05) is 19.5 Å². The number of benzene rings is 1. The maximum absolute atomic E-state index is 11.2. The molecule has 0 aliphatic rings. The van der Waals surface area contributed by atoms with Crippen LogP contribution in [0.2, 0.25) is 0 Å². The van der Waals surface area contributed by atoms with E-state index in [1.807, 2.05) is 0 Å². The highest BCUT2D eigenvalue weighted by molar-refractivity contribution is 7.89. The zero-order valence-corrected chi connectivity index (χ0v) is 10.5. The summed E-state index contributed by atoms with van der Waals surface area (Å²) in [5.74, 6) is 0.279. The van der Waals surface area contributed by atoms with Crippen molar-refractivity contribution in [2.45, 2.75) is 17.9 Å².